The van der Waals surface area contributed by atoms with Crippen molar-refractivity contribution in [2.45, 2.75) is 44.2 Å². The van der Waals surface area contributed by atoms with Crippen LogP contribution in [0.4, 0.5) is 4.79 Å². The molecular formula is C13H22N2O4. The van der Waals surface area contributed by atoms with E-state index in [0.717, 1.165) is 19.4 Å². The van der Waals surface area contributed by atoms with Crippen molar-refractivity contribution in [1.29, 1.82) is 0 Å². The van der Waals surface area contributed by atoms with E-state index in [1.54, 1.807) is 0 Å². The number of likely N-dealkylation sites (tertiary alicyclic amines) is 1. The summed E-state index contributed by atoms with van der Waals surface area (Å²) in [5.41, 5.74) is 0. The Labute approximate surface area is 113 Å². The number of nitrogens with one attached hydrogen (secondary N) is 1. The molecule has 2 amide bonds. The minimum atomic E-state index is -1.06. The summed E-state index contributed by atoms with van der Waals surface area (Å²) in [4.78, 5) is 25.1. The van der Waals surface area contributed by atoms with Crippen LogP contribution in [0.15, 0.2) is 0 Å². The number of aliphatic carboxylic acids is 1. The topological polar surface area (TPSA) is 78.9 Å². The molecule has 2 rings (SSSR count). The fourth-order valence-electron chi connectivity index (χ4n) is 3.28. The molecule has 108 valence electrons. The number of carbonyl (C=O) groups is 2. The van der Waals surface area contributed by atoms with E-state index >= 15 is 0 Å². The Morgan fingerprint density at radius 3 is 2.79 bits per heavy atom. The fraction of sp³-hybridized carbons (Fsp3) is 0.846. The van der Waals surface area contributed by atoms with Crippen molar-refractivity contribution < 1.29 is 19.4 Å². The number of fused-ring (bicyclic) bond motifs is 1. The molecule has 3 unspecified atom stereocenters. The van der Waals surface area contributed by atoms with Gasteiger partial charge in [-0.25, -0.2) is 9.59 Å². The summed E-state index contributed by atoms with van der Waals surface area (Å²) in [6.07, 6.45) is 5.60. The average molecular weight is 270 g/mol. The normalized spacial score (nSPS) is 27.7. The van der Waals surface area contributed by atoms with E-state index in [-0.39, 0.29) is 12.6 Å². The summed E-state index contributed by atoms with van der Waals surface area (Å²) < 4.78 is 4.83. The lowest BCUT2D eigenvalue weighted by Crippen LogP contribution is -2.55. The molecule has 0 aromatic carbocycles. The second-order valence-corrected chi connectivity index (χ2v) is 5.39. The molecule has 1 saturated heterocycles. The maximum Gasteiger partial charge on any atom is 0.328 e. The summed E-state index contributed by atoms with van der Waals surface area (Å²) in [5, 5.41) is 11.6. The SMILES string of the molecule is COCC(NC(=O)N1CCCC2CCCC21)C(=O)O. The van der Waals surface area contributed by atoms with Crippen molar-refractivity contribution >= 4 is 12.0 Å². The molecule has 1 aliphatic heterocycles. The molecule has 1 heterocycles. The van der Waals surface area contributed by atoms with Crippen LogP contribution in [-0.4, -0.2) is 54.4 Å². The molecule has 2 fully saturated rings. The van der Waals surface area contributed by atoms with E-state index in [0.29, 0.717) is 12.0 Å². The smallest absolute Gasteiger partial charge is 0.328 e. The van der Waals surface area contributed by atoms with Crippen LogP contribution < -0.4 is 5.32 Å². The van der Waals surface area contributed by atoms with Gasteiger partial charge in [0.15, 0.2) is 6.04 Å². The number of carboxylic acids is 1. The Morgan fingerprint density at radius 2 is 2.11 bits per heavy atom. The van der Waals surface area contributed by atoms with Gasteiger partial charge in [0, 0.05) is 19.7 Å². The van der Waals surface area contributed by atoms with Crippen LogP contribution in [-0.2, 0) is 9.53 Å². The van der Waals surface area contributed by atoms with Crippen molar-refractivity contribution in [2.24, 2.45) is 5.92 Å². The zero-order valence-corrected chi connectivity index (χ0v) is 11.3. The van der Waals surface area contributed by atoms with E-state index in [4.69, 9.17) is 9.84 Å². The molecule has 2 N–H and O–H groups in total. The van der Waals surface area contributed by atoms with E-state index in [1.807, 2.05) is 4.90 Å². The molecule has 0 spiro atoms. The van der Waals surface area contributed by atoms with Gasteiger partial charge in [0.25, 0.3) is 0 Å². The fourth-order valence-corrected chi connectivity index (χ4v) is 3.28. The second-order valence-electron chi connectivity index (χ2n) is 5.39. The van der Waals surface area contributed by atoms with Gasteiger partial charge in [-0.3, -0.25) is 0 Å². The molecule has 0 aromatic rings. The van der Waals surface area contributed by atoms with E-state index in [2.05, 4.69) is 5.32 Å². The van der Waals surface area contributed by atoms with Crippen LogP contribution in [0.1, 0.15) is 32.1 Å². The van der Waals surface area contributed by atoms with Crippen molar-refractivity contribution in [2.75, 3.05) is 20.3 Å². The van der Waals surface area contributed by atoms with Crippen LogP contribution >= 0.6 is 0 Å². The van der Waals surface area contributed by atoms with Gasteiger partial charge >= 0.3 is 12.0 Å². The van der Waals surface area contributed by atoms with Gasteiger partial charge < -0.3 is 20.1 Å². The van der Waals surface area contributed by atoms with Gasteiger partial charge in [-0.2, -0.15) is 0 Å². The molecule has 1 aliphatic carbocycles. The lowest BCUT2D eigenvalue weighted by atomic mass is 9.92. The number of piperidine rings is 1. The highest BCUT2D eigenvalue weighted by atomic mass is 16.5. The van der Waals surface area contributed by atoms with Gasteiger partial charge in [0.1, 0.15) is 0 Å². The largest absolute Gasteiger partial charge is 0.480 e. The van der Waals surface area contributed by atoms with Crippen LogP contribution in [0, 0.1) is 5.92 Å². The Hall–Kier alpha value is -1.30. The monoisotopic (exact) mass is 270 g/mol. The van der Waals surface area contributed by atoms with Crippen LogP contribution in [0.2, 0.25) is 0 Å². The Balaban J connectivity index is 1.96. The number of rotatable bonds is 4. The van der Waals surface area contributed by atoms with Crippen molar-refractivity contribution in [1.82, 2.24) is 10.2 Å². The van der Waals surface area contributed by atoms with Gasteiger partial charge in [-0.15, -0.1) is 0 Å². The second kappa shape index (κ2) is 6.23. The summed E-state index contributed by atoms with van der Waals surface area (Å²) in [7, 11) is 1.43. The molecule has 6 nitrogen and oxygen atoms in total. The predicted octanol–water partition coefficient (Wildman–Crippen LogP) is 1.06. The third kappa shape index (κ3) is 3.18. The van der Waals surface area contributed by atoms with Gasteiger partial charge in [-0.05, 0) is 31.6 Å². The average Bonchev–Trinajstić information content (AvgIpc) is 2.85. The number of hydrogen-bond donors (Lipinski definition) is 2. The number of carbonyl (C=O) groups excluding carboxylic acids is 1. The van der Waals surface area contributed by atoms with Gasteiger partial charge in [0.2, 0.25) is 0 Å². The Kier molecular flexibility index (Phi) is 4.63. The Bertz CT molecular complexity index is 348. The zero-order valence-electron chi connectivity index (χ0n) is 11.3. The van der Waals surface area contributed by atoms with Gasteiger partial charge in [0.05, 0.1) is 6.61 Å². The zero-order chi connectivity index (χ0) is 13.8. The van der Waals surface area contributed by atoms with Crippen LogP contribution in [0.5, 0.6) is 0 Å². The number of carboxylic acid groups (broad SMARTS) is 1. The maximum atomic E-state index is 12.2. The predicted molar refractivity (Wildman–Crippen MR) is 68.9 cm³/mol. The summed E-state index contributed by atoms with van der Waals surface area (Å²) in [5.74, 6) is -0.458. The van der Waals surface area contributed by atoms with Gasteiger partial charge in [-0.1, -0.05) is 6.42 Å². The van der Waals surface area contributed by atoms with Crippen molar-refractivity contribution in [3.05, 3.63) is 0 Å². The number of urea groups is 1. The minimum Gasteiger partial charge on any atom is -0.480 e. The first-order chi connectivity index (χ1) is 9.13. The van der Waals surface area contributed by atoms with Crippen LogP contribution in [0.3, 0.4) is 0 Å². The molecule has 6 heteroatoms. The van der Waals surface area contributed by atoms with E-state index in [9.17, 15) is 9.59 Å². The van der Waals surface area contributed by atoms with Crippen LogP contribution in [0.25, 0.3) is 0 Å². The molecule has 1 saturated carbocycles. The molecule has 2 aliphatic rings. The minimum absolute atomic E-state index is 0.0109. The quantitative estimate of drug-likeness (QED) is 0.800. The Morgan fingerprint density at radius 1 is 1.37 bits per heavy atom. The lowest BCUT2D eigenvalue weighted by Gasteiger charge is -2.38. The number of hydrogen-bond acceptors (Lipinski definition) is 3. The summed E-state index contributed by atoms with van der Waals surface area (Å²) >= 11 is 0. The first-order valence-electron chi connectivity index (χ1n) is 6.92. The third-order valence-electron chi connectivity index (χ3n) is 4.18. The number of nitrogens with zero attached hydrogens (tertiary/aromatic N) is 1. The highest BCUT2D eigenvalue weighted by Crippen LogP contribution is 2.36. The van der Waals surface area contributed by atoms with E-state index < -0.39 is 12.0 Å². The lowest BCUT2D eigenvalue weighted by molar-refractivity contribution is -0.140. The third-order valence-corrected chi connectivity index (χ3v) is 4.18. The van der Waals surface area contributed by atoms with Crippen molar-refractivity contribution in [3.8, 4) is 0 Å². The molecule has 0 aromatic heterocycles. The molecule has 3 atom stereocenters. The first-order valence-corrected chi connectivity index (χ1v) is 6.92. The maximum absolute atomic E-state index is 12.2. The number of methoxy groups -OCH3 is 1. The molecule has 0 bridgehead atoms. The molecule has 19 heavy (non-hydrogen) atoms. The number of ether oxygens (including phenoxy) is 1. The number of amides is 2. The summed E-state index contributed by atoms with van der Waals surface area (Å²) in [6.45, 7) is 0.718. The highest BCUT2D eigenvalue weighted by Gasteiger charge is 2.38. The van der Waals surface area contributed by atoms with E-state index in [1.165, 1.54) is 26.4 Å². The first kappa shape index (κ1) is 14.1. The summed E-state index contributed by atoms with van der Waals surface area (Å²) in [6, 6.07) is -0.939. The van der Waals surface area contributed by atoms with Crippen molar-refractivity contribution in [3.63, 3.8) is 0 Å². The molecule has 0 radical (unpaired) electrons. The standard InChI is InChI=1S/C13H22N2O4/c1-19-8-10(12(16)17)14-13(18)15-7-3-5-9-4-2-6-11(9)15/h9-11H,2-8H2,1H3,(H,14,18)(H,16,17). The highest BCUT2D eigenvalue weighted by molar-refractivity contribution is 5.83. The molecular weight excluding hydrogens is 248 g/mol.